The summed E-state index contributed by atoms with van der Waals surface area (Å²) in [5.74, 6) is 0.00780. The van der Waals surface area contributed by atoms with Gasteiger partial charge in [-0.1, -0.05) is 47.5 Å². The predicted octanol–water partition coefficient (Wildman–Crippen LogP) is 4.36. The SMILES string of the molecule is CN1C(=O)C(CCN2CCOCC2)OC(c2ccc(Cl)cc2)C1c1ccc(Cl)cc1. The summed E-state index contributed by atoms with van der Waals surface area (Å²) in [5.41, 5.74) is 1.98. The van der Waals surface area contributed by atoms with E-state index in [9.17, 15) is 4.79 Å². The van der Waals surface area contributed by atoms with Gasteiger partial charge in [-0.25, -0.2) is 0 Å². The summed E-state index contributed by atoms with van der Waals surface area (Å²) in [6, 6.07) is 15.0. The van der Waals surface area contributed by atoms with Crippen molar-refractivity contribution < 1.29 is 14.3 Å². The molecule has 7 heteroatoms. The Morgan fingerprint density at radius 1 is 0.933 bits per heavy atom. The van der Waals surface area contributed by atoms with Crippen LogP contribution in [0, 0.1) is 0 Å². The number of carbonyl (C=O) groups excluding carboxylic acids is 1. The van der Waals surface area contributed by atoms with Gasteiger partial charge in [0, 0.05) is 36.7 Å². The van der Waals surface area contributed by atoms with Gasteiger partial charge in [-0.05, 0) is 41.8 Å². The molecule has 0 N–H and O–H groups in total. The topological polar surface area (TPSA) is 42.0 Å². The Balaban J connectivity index is 1.59. The number of halogens is 2. The maximum Gasteiger partial charge on any atom is 0.252 e. The first-order valence-corrected chi connectivity index (χ1v) is 11.0. The Kier molecular flexibility index (Phi) is 6.96. The second-order valence-corrected chi connectivity index (χ2v) is 8.66. The Morgan fingerprint density at radius 3 is 2.10 bits per heavy atom. The molecular formula is C23H26Cl2N2O3. The number of rotatable bonds is 5. The Morgan fingerprint density at radius 2 is 1.50 bits per heavy atom. The van der Waals surface area contributed by atoms with E-state index in [1.54, 1.807) is 0 Å². The quantitative estimate of drug-likeness (QED) is 0.681. The number of amides is 1. The maximum absolute atomic E-state index is 13.2. The van der Waals surface area contributed by atoms with Crippen LogP contribution in [0.2, 0.25) is 10.0 Å². The molecule has 2 aliphatic rings. The third kappa shape index (κ3) is 4.82. The highest BCUT2D eigenvalue weighted by Gasteiger charge is 2.42. The Labute approximate surface area is 187 Å². The first-order chi connectivity index (χ1) is 14.5. The minimum atomic E-state index is -0.484. The number of benzene rings is 2. The molecule has 0 aliphatic carbocycles. The summed E-state index contributed by atoms with van der Waals surface area (Å²) in [6.45, 7) is 4.08. The molecule has 3 atom stereocenters. The molecule has 5 nitrogen and oxygen atoms in total. The van der Waals surface area contributed by atoms with Crippen molar-refractivity contribution in [1.29, 1.82) is 0 Å². The van der Waals surface area contributed by atoms with Crippen LogP contribution >= 0.6 is 23.2 Å². The van der Waals surface area contributed by atoms with Crippen molar-refractivity contribution >= 4 is 29.1 Å². The first-order valence-electron chi connectivity index (χ1n) is 10.3. The summed E-state index contributed by atoms with van der Waals surface area (Å²) in [4.78, 5) is 17.3. The van der Waals surface area contributed by atoms with Crippen LogP contribution in [0.15, 0.2) is 48.5 Å². The smallest absolute Gasteiger partial charge is 0.252 e. The molecule has 0 radical (unpaired) electrons. The van der Waals surface area contributed by atoms with Crippen molar-refractivity contribution in [1.82, 2.24) is 9.80 Å². The van der Waals surface area contributed by atoms with Crippen LogP contribution in [-0.2, 0) is 14.3 Å². The fourth-order valence-corrected chi connectivity index (χ4v) is 4.42. The summed E-state index contributed by atoms with van der Waals surface area (Å²) in [5, 5.41) is 1.33. The van der Waals surface area contributed by atoms with E-state index in [4.69, 9.17) is 32.7 Å². The minimum Gasteiger partial charge on any atom is -0.379 e. The van der Waals surface area contributed by atoms with Crippen molar-refractivity contribution in [3.05, 3.63) is 69.7 Å². The van der Waals surface area contributed by atoms with E-state index >= 15 is 0 Å². The lowest BCUT2D eigenvalue weighted by molar-refractivity contribution is -0.172. The summed E-state index contributed by atoms with van der Waals surface area (Å²) in [6.07, 6.45) is -0.122. The van der Waals surface area contributed by atoms with Crippen LogP contribution in [0.25, 0.3) is 0 Å². The van der Waals surface area contributed by atoms with E-state index in [1.165, 1.54) is 0 Å². The molecule has 2 fully saturated rings. The van der Waals surface area contributed by atoms with Gasteiger partial charge in [0.2, 0.25) is 0 Å². The van der Waals surface area contributed by atoms with Crippen LogP contribution in [0.4, 0.5) is 0 Å². The Hall–Kier alpha value is -1.63. The number of hydrogen-bond acceptors (Lipinski definition) is 4. The minimum absolute atomic E-state index is 0.00780. The van der Waals surface area contributed by atoms with Crippen molar-refractivity contribution in [3.8, 4) is 0 Å². The van der Waals surface area contributed by atoms with Gasteiger partial charge >= 0.3 is 0 Å². The number of carbonyl (C=O) groups is 1. The molecule has 2 saturated heterocycles. The van der Waals surface area contributed by atoms with E-state index in [-0.39, 0.29) is 18.1 Å². The molecule has 2 aromatic rings. The second-order valence-electron chi connectivity index (χ2n) is 7.79. The highest BCUT2D eigenvalue weighted by molar-refractivity contribution is 6.30. The molecule has 0 bridgehead atoms. The van der Waals surface area contributed by atoms with Gasteiger partial charge in [0.1, 0.15) is 12.2 Å². The number of ether oxygens (including phenoxy) is 2. The van der Waals surface area contributed by atoms with Gasteiger partial charge in [0.05, 0.1) is 19.3 Å². The van der Waals surface area contributed by atoms with E-state index in [1.807, 2.05) is 60.5 Å². The summed E-state index contributed by atoms with van der Waals surface area (Å²) in [7, 11) is 1.86. The van der Waals surface area contributed by atoms with Crippen LogP contribution in [0.5, 0.6) is 0 Å². The molecular weight excluding hydrogens is 423 g/mol. The molecule has 0 aromatic heterocycles. The highest BCUT2D eigenvalue weighted by Crippen LogP contribution is 2.42. The second kappa shape index (κ2) is 9.67. The molecule has 0 spiro atoms. The monoisotopic (exact) mass is 448 g/mol. The third-order valence-corrected chi connectivity index (χ3v) is 6.36. The van der Waals surface area contributed by atoms with Gasteiger partial charge in [0.25, 0.3) is 5.91 Å². The van der Waals surface area contributed by atoms with E-state index in [2.05, 4.69) is 4.90 Å². The van der Waals surface area contributed by atoms with Crippen LogP contribution in [-0.4, -0.2) is 61.7 Å². The molecule has 3 unspecified atom stereocenters. The van der Waals surface area contributed by atoms with Crippen LogP contribution < -0.4 is 0 Å². The van der Waals surface area contributed by atoms with Crippen molar-refractivity contribution in [2.75, 3.05) is 39.9 Å². The van der Waals surface area contributed by atoms with Gasteiger partial charge in [-0.2, -0.15) is 0 Å². The molecule has 160 valence electrons. The van der Waals surface area contributed by atoms with E-state index in [0.29, 0.717) is 16.5 Å². The number of morpholine rings is 2. The summed E-state index contributed by atoms with van der Waals surface area (Å²) >= 11 is 12.2. The maximum atomic E-state index is 13.2. The standard InChI is InChI=1S/C23H26Cl2N2O3/c1-26-21(16-2-6-18(24)7-3-16)22(17-4-8-19(25)9-5-17)30-20(23(26)28)10-11-27-12-14-29-15-13-27/h2-9,20-22H,10-15H2,1H3. The lowest BCUT2D eigenvalue weighted by Gasteiger charge is -2.43. The average Bonchev–Trinajstić information content (AvgIpc) is 2.77. The predicted molar refractivity (Wildman–Crippen MR) is 118 cm³/mol. The zero-order valence-corrected chi connectivity index (χ0v) is 18.5. The number of nitrogens with zero attached hydrogens (tertiary/aromatic N) is 2. The molecule has 2 aliphatic heterocycles. The fourth-order valence-electron chi connectivity index (χ4n) is 4.16. The third-order valence-electron chi connectivity index (χ3n) is 5.86. The average molecular weight is 449 g/mol. The zero-order valence-electron chi connectivity index (χ0n) is 17.0. The molecule has 2 heterocycles. The molecule has 2 aromatic carbocycles. The van der Waals surface area contributed by atoms with Gasteiger partial charge in [0.15, 0.2) is 0 Å². The number of likely N-dealkylation sites (N-methyl/N-ethyl adjacent to an activating group) is 1. The van der Waals surface area contributed by atoms with Gasteiger partial charge in [-0.15, -0.1) is 0 Å². The lowest BCUT2D eigenvalue weighted by Crippen LogP contribution is -2.50. The lowest BCUT2D eigenvalue weighted by atomic mass is 9.91. The first kappa shape index (κ1) is 21.6. The Bertz CT molecular complexity index is 854. The van der Waals surface area contributed by atoms with Gasteiger partial charge < -0.3 is 14.4 Å². The fraction of sp³-hybridized carbons (Fsp3) is 0.435. The van der Waals surface area contributed by atoms with Crippen LogP contribution in [0.1, 0.15) is 29.7 Å². The van der Waals surface area contributed by atoms with Gasteiger partial charge in [-0.3, -0.25) is 9.69 Å². The molecule has 4 rings (SSSR count). The highest BCUT2D eigenvalue weighted by atomic mass is 35.5. The largest absolute Gasteiger partial charge is 0.379 e. The molecule has 1 amide bonds. The molecule has 30 heavy (non-hydrogen) atoms. The summed E-state index contributed by atoms with van der Waals surface area (Å²) < 4.78 is 11.9. The van der Waals surface area contributed by atoms with Crippen molar-refractivity contribution in [2.45, 2.75) is 24.7 Å². The molecule has 0 saturated carbocycles. The van der Waals surface area contributed by atoms with E-state index in [0.717, 1.165) is 44.0 Å². The number of hydrogen-bond donors (Lipinski definition) is 0. The van der Waals surface area contributed by atoms with Crippen LogP contribution in [0.3, 0.4) is 0 Å². The van der Waals surface area contributed by atoms with Crippen molar-refractivity contribution in [3.63, 3.8) is 0 Å². The zero-order chi connectivity index (χ0) is 21.1. The van der Waals surface area contributed by atoms with E-state index < -0.39 is 6.10 Å². The van der Waals surface area contributed by atoms with Crippen molar-refractivity contribution in [2.24, 2.45) is 0 Å². The normalized spacial score (nSPS) is 25.5.